The van der Waals surface area contributed by atoms with Crippen molar-refractivity contribution in [1.29, 1.82) is 0 Å². The van der Waals surface area contributed by atoms with E-state index >= 15 is 0 Å². The van der Waals surface area contributed by atoms with E-state index in [0.717, 1.165) is 53.5 Å². The van der Waals surface area contributed by atoms with Gasteiger partial charge in [0.2, 0.25) is 11.8 Å². The van der Waals surface area contributed by atoms with Crippen molar-refractivity contribution in [3.8, 4) is 16.9 Å². The number of nitrogens with zero attached hydrogens (tertiary/aromatic N) is 7. The van der Waals surface area contributed by atoms with Crippen LogP contribution in [-0.2, 0) is 15.1 Å². The van der Waals surface area contributed by atoms with Gasteiger partial charge in [-0.2, -0.15) is 20.1 Å². The second kappa shape index (κ2) is 12.6. The Morgan fingerprint density at radius 1 is 1.12 bits per heavy atom. The lowest BCUT2D eigenvalue weighted by Crippen LogP contribution is -2.50. The normalized spacial score (nSPS) is 21.8. The summed E-state index contributed by atoms with van der Waals surface area (Å²) in [5.74, 6) is -1.04. The van der Waals surface area contributed by atoms with Crippen molar-refractivity contribution < 1.29 is 18.4 Å². The van der Waals surface area contributed by atoms with Crippen molar-refractivity contribution in [1.82, 2.24) is 45.3 Å². The molecule has 1 saturated heterocycles. The van der Waals surface area contributed by atoms with Gasteiger partial charge in [0, 0.05) is 18.0 Å². The van der Waals surface area contributed by atoms with E-state index in [1.807, 2.05) is 24.3 Å². The Bertz CT molecular complexity index is 1860. The molecule has 1 unspecified atom stereocenters. The number of hydrogen-bond donors (Lipinski definition) is 3. The maximum Gasteiger partial charge on any atom is 0.297 e. The molecule has 0 spiro atoms. The van der Waals surface area contributed by atoms with Gasteiger partial charge in [0.25, 0.3) is 6.43 Å². The van der Waals surface area contributed by atoms with Crippen molar-refractivity contribution in [3.05, 3.63) is 77.0 Å². The van der Waals surface area contributed by atoms with Crippen LogP contribution in [-0.4, -0.2) is 59.3 Å². The van der Waals surface area contributed by atoms with E-state index in [4.69, 9.17) is 17.3 Å². The van der Waals surface area contributed by atoms with Crippen LogP contribution in [0.25, 0.3) is 16.9 Å². The fourth-order valence-electron chi connectivity index (χ4n) is 6.66. The van der Waals surface area contributed by atoms with Crippen LogP contribution in [0, 0.1) is 11.3 Å². The molecule has 4 aromatic rings. The first kappa shape index (κ1) is 33.2. The van der Waals surface area contributed by atoms with Gasteiger partial charge in [0.05, 0.1) is 29.0 Å². The van der Waals surface area contributed by atoms with Gasteiger partial charge in [-0.15, -0.1) is 0 Å². The van der Waals surface area contributed by atoms with Crippen LogP contribution in [0.1, 0.15) is 88.3 Å². The van der Waals surface area contributed by atoms with Crippen molar-refractivity contribution >= 4 is 23.4 Å². The highest BCUT2D eigenvalue weighted by molar-refractivity contribution is 6.32. The molecule has 3 atom stereocenters. The van der Waals surface area contributed by atoms with Gasteiger partial charge in [-0.3, -0.25) is 20.6 Å². The van der Waals surface area contributed by atoms with E-state index < -0.39 is 30.1 Å². The predicted molar refractivity (Wildman–Crippen MR) is 177 cm³/mol. The summed E-state index contributed by atoms with van der Waals surface area (Å²) in [5.41, 5.74) is 8.32. The van der Waals surface area contributed by atoms with Gasteiger partial charge in [-0.1, -0.05) is 62.7 Å². The third-order valence-electron chi connectivity index (χ3n) is 9.25. The van der Waals surface area contributed by atoms with Crippen LogP contribution in [0.15, 0.2) is 55.0 Å². The molecular weight excluding hydrogens is 654 g/mol. The number of carbonyl (C=O) groups excluding carboxylic acids is 2. The minimum absolute atomic E-state index is 0.0395. The number of nitrogens with one attached hydrogen (secondary N) is 2. The standard InChI is InChI=1S/C34H39ClF2N10O2/c1-33(2,3)17-34(22-9-6-19(7-10-22)25-15-41-47(44-25)23-11-12-23)31(49)45(32(38)43-34)27(16-39-30(48)20-4-5-20)21-8-13-24(35)26(14-21)46-29(28(36)37)40-18-42-46/h6-10,13-15,18,20,23,27-28,32,43H,4-5,11-12,16-17,38H2,1-3H3,(H,39,48)/t27-,32?,34-/m1/s1. The first-order valence-electron chi connectivity index (χ1n) is 16.5. The highest BCUT2D eigenvalue weighted by atomic mass is 35.5. The Labute approximate surface area is 287 Å². The molecule has 258 valence electrons. The van der Waals surface area contributed by atoms with Crippen LogP contribution in [0.3, 0.4) is 0 Å². The molecule has 3 heterocycles. The Kier molecular flexibility index (Phi) is 8.52. The largest absolute Gasteiger partial charge is 0.353 e. The van der Waals surface area contributed by atoms with Crippen LogP contribution in [0.5, 0.6) is 0 Å². The molecular formula is C34H39ClF2N10O2. The van der Waals surface area contributed by atoms with Crippen LogP contribution in [0.2, 0.25) is 5.02 Å². The molecule has 0 bridgehead atoms. The summed E-state index contributed by atoms with van der Waals surface area (Å²) in [6, 6.07) is 12.1. The quantitative estimate of drug-likeness (QED) is 0.198. The van der Waals surface area contributed by atoms with Crippen molar-refractivity contribution in [2.75, 3.05) is 6.54 Å². The maximum absolute atomic E-state index is 15.0. The van der Waals surface area contributed by atoms with Gasteiger partial charge >= 0.3 is 0 Å². The zero-order chi connectivity index (χ0) is 34.7. The van der Waals surface area contributed by atoms with E-state index in [0.29, 0.717) is 18.0 Å². The number of nitrogens with two attached hydrogens (primary N) is 1. The topological polar surface area (TPSA) is 149 Å². The summed E-state index contributed by atoms with van der Waals surface area (Å²) < 4.78 is 28.6. The number of amides is 2. The molecule has 0 radical (unpaired) electrons. The zero-order valence-electron chi connectivity index (χ0n) is 27.5. The van der Waals surface area contributed by atoms with Gasteiger partial charge in [0.1, 0.15) is 23.8 Å². The predicted octanol–water partition coefficient (Wildman–Crippen LogP) is 5.02. The molecule has 2 aromatic carbocycles. The van der Waals surface area contributed by atoms with E-state index in [-0.39, 0.29) is 40.4 Å². The molecule has 2 aromatic heterocycles. The van der Waals surface area contributed by atoms with Gasteiger partial charge in [-0.25, -0.2) is 18.4 Å². The fraction of sp³-hybridized carbons (Fsp3) is 0.471. The van der Waals surface area contributed by atoms with Crippen LogP contribution < -0.4 is 16.4 Å². The molecule has 49 heavy (non-hydrogen) atoms. The first-order valence-corrected chi connectivity index (χ1v) is 16.9. The highest BCUT2D eigenvalue weighted by Crippen LogP contribution is 2.43. The molecule has 12 nitrogen and oxygen atoms in total. The monoisotopic (exact) mass is 692 g/mol. The zero-order valence-corrected chi connectivity index (χ0v) is 28.2. The number of alkyl halides is 2. The summed E-state index contributed by atoms with van der Waals surface area (Å²) in [6.45, 7) is 6.21. The molecule has 3 fully saturated rings. The van der Waals surface area contributed by atoms with E-state index in [1.165, 1.54) is 4.90 Å². The molecule has 1 aliphatic heterocycles. The Morgan fingerprint density at radius 3 is 2.51 bits per heavy atom. The minimum atomic E-state index is -2.90. The lowest BCUT2D eigenvalue weighted by atomic mass is 9.75. The summed E-state index contributed by atoms with van der Waals surface area (Å²) in [4.78, 5) is 34.8. The number of aromatic nitrogens is 6. The number of halogens is 3. The van der Waals surface area contributed by atoms with Gasteiger partial charge in [0.15, 0.2) is 5.82 Å². The SMILES string of the molecule is CC(C)(C)C[C@]1(c2ccc(-c3cnn(C4CC4)n3)cc2)NC(N)N([C@H](CNC(=O)C2CC2)c2ccc(Cl)c(-n3ncnc3C(F)F)c2)C1=O. The second-order valence-corrected chi connectivity index (χ2v) is 14.8. The van der Waals surface area contributed by atoms with E-state index in [2.05, 4.69) is 51.7 Å². The molecule has 4 N–H and O–H groups in total. The third kappa shape index (κ3) is 6.56. The fourth-order valence-corrected chi connectivity index (χ4v) is 6.86. The number of hydrogen-bond acceptors (Lipinski definition) is 8. The molecule has 3 aliphatic rings. The second-order valence-electron chi connectivity index (χ2n) is 14.4. The summed E-state index contributed by atoms with van der Waals surface area (Å²) in [5, 5.41) is 19.6. The van der Waals surface area contributed by atoms with Gasteiger partial charge < -0.3 is 10.2 Å². The maximum atomic E-state index is 15.0. The van der Waals surface area contributed by atoms with E-state index in [1.54, 1.807) is 29.2 Å². The van der Waals surface area contributed by atoms with Crippen LogP contribution in [0.4, 0.5) is 8.78 Å². The molecule has 15 heteroatoms. The highest BCUT2D eigenvalue weighted by Gasteiger charge is 2.55. The van der Waals surface area contributed by atoms with Crippen molar-refractivity contribution in [3.63, 3.8) is 0 Å². The van der Waals surface area contributed by atoms with E-state index in [9.17, 15) is 18.4 Å². The van der Waals surface area contributed by atoms with Crippen molar-refractivity contribution in [2.24, 2.45) is 17.1 Å². The smallest absolute Gasteiger partial charge is 0.297 e. The Hall–Kier alpha value is -4.27. The Morgan fingerprint density at radius 2 is 1.86 bits per heavy atom. The number of carbonyl (C=O) groups is 2. The molecule has 7 rings (SSSR count). The third-order valence-corrected chi connectivity index (χ3v) is 9.57. The molecule has 2 aliphatic carbocycles. The summed E-state index contributed by atoms with van der Waals surface area (Å²) in [7, 11) is 0. The lowest BCUT2D eigenvalue weighted by Gasteiger charge is -2.35. The van der Waals surface area contributed by atoms with Crippen LogP contribution >= 0.6 is 11.6 Å². The number of rotatable bonds is 11. The molecule has 2 amide bonds. The first-order chi connectivity index (χ1) is 23.3. The Balaban J connectivity index is 1.26. The van der Waals surface area contributed by atoms with Crippen molar-refractivity contribution in [2.45, 2.75) is 83.2 Å². The average Bonchev–Trinajstić information content (AvgIpc) is 3.97. The summed E-state index contributed by atoms with van der Waals surface area (Å²) >= 11 is 6.51. The number of benzene rings is 2. The average molecular weight is 693 g/mol. The summed E-state index contributed by atoms with van der Waals surface area (Å²) in [6.07, 6.45) is 3.08. The molecule has 2 saturated carbocycles. The minimum Gasteiger partial charge on any atom is -0.353 e. The van der Waals surface area contributed by atoms with Gasteiger partial charge in [-0.05, 0) is 60.8 Å². The lowest BCUT2D eigenvalue weighted by molar-refractivity contribution is -0.137.